The number of aromatic nitrogens is 3. The smallest absolute Gasteiger partial charge is 0.339 e. The largest absolute Gasteiger partial charge is 0.508 e. The summed E-state index contributed by atoms with van der Waals surface area (Å²) >= 11 is 0. The maximum atomic E-state index is 12.8. The minimum Gasteiger partial charge on any atom is -0.508 e. The van der Waals surface area contributed by atoms with E-state index >= 15 is 0 Å². The molecule has 33 heavy (non-hydrogen) atoms. The minimum atomic E-state index is -0.650. The highest BCUT2D eigenvalue weighted by atomic mass is 16.5. The van der Waals surface area contributed by atoms with Gasteiger partial charge in [0.25, 0.3) is 0 Å². The molecule has 4 rings (SSSR count). The molecule has 0 saturated heterocycles. The molecule has 0 saturated carbocycles. The number of nitrogens with one attached hydrogen (secondary N) is 1. The quantitative estimate of drug-likeness (QED) is 0.324. The molecule has 0 aliphatic carbocycles. The Morgan fingerprint density at radius 2 is 1.88 bits per heavy atom. The van der Waals surface area contributed by atoms with Gasteiger partial charge in [0.2, 0.25) is 0 Å². The van der Waals surface area contributed by atoms with E-state index in [-0.39, 0.29) is 18.0 Å². The number of aromatic hydroxyl groups is 1. The number of fused-ring (bicyclic) bond motifs is 1. The predicted molar refractivity (Wildman–Crippen MR) is 128 cm³/mol. The molecule has 8 nitrogen and oxygen atoms in total. The van der Waals surface area contributed by atoms with Crippen molar-refractivity contribution in [2.45, 2.75) is 12.5 Å². The van der Waals surface area contributed by atoms with Crippen LogP contribution in [0.4, 0.5) is 0 Å². The second-order valence-corrected chi connectivity index (χ2v) is 7.60. The van der Waals surface area contributed by atoms with Crippen LogP contribution in [0.5, 0.6) is 11.5 Å². The number of ether oxygens (including phenoxy) is 1. The van der Waals surface area contributed by atoms with Gasteiger partial charge in [-0.3, -0.25) is 4.57 Å². The second kappa shape index (κ2) is 10.2. The van der Waals surface area contributed by atoms with Crippen molar-refractivity contribution >= 4 is 17.4 Å². The van der Waals surface area contributed by atoms with E-state index in [0.717, 1.165) is 17.7 Å². The lowest BCUT2D eigenvalue weighted by atomic mass is 10.1. The van der Waals surface area contributed by atoms with E-state index in [0.29, 0.717) is 30.0 Å². The summed E-state index contributed by atoms with van der Waals surface area (Å²) in [6, 6.07) is 17.8. The van der Waals surface area contributed by atoms with Crippen molar-refractivity contribution in [2.24, 2.45) is 0 Å². The van der Waals surface area contributed by atoms with E-state index < -0.39 is 6.10 Å². The summed E-state index contributed by atoms with van der Waals surface area (Å²) in [5.74, 6) is 0.766. The molecule has 1 atom stereocenters. The number of hydrogen-bond donors (Lipinski definition) is 3. The molecule has 0 aliphatic heterocycles. The Morgan fingerprint density at radius 1 is 1.12 bits per heavy atom. The zero-order valence-electron chi connectivity index (χ0n) is 18.1. The summed E-state index contributed by atoms with van der Waals surface area (Å²) in [6.07, 6.45) is 3.28. The highest BCUT2D eigenvalue weighted by Crippen LogP contribution is 2.17. The third-order valence-corrected chi connectivity index (χ3v) is 5.26. The fourth-order valence-electron chi connectivity index (χ4n) is 3.57. The number of phenolic OH excluding ortho intramolecular Hbond substituents is 1. The van der Waals surface area contributed by atoms with Gasteiger partial charge in [0.15, 0.2) is 5.65 Å². The van der Waals surface area contributed by atoms with Gasteiger partial charge in [-0.25, -0.2) is 14.3 Å². The molecule has 2 heterocycles. The summed E-state index contributed by atoms with van der Waals surface area (Å²) in [7, 11) is 0. The maximum absolute atomic E-state index is 12.8. The Morgan fingerprint density at radius 3 is 2.61 bits per heavy atom. The van der Waals surface area contributed by atoms with Crippen LogP contribution in [-0.2, 0) is 6.42 Å². The molecule has 4 aromatic rings. The van der Waals surface area contributed by atoms with Crippen molar-refractivity contribution in [1.29, 1.82) is 0 Å². The highest BCUT2D eigenvalue weighted by molar-refractivity contribution is 5.75. The van der Waals surface area contributed by atoms with Gasteiger partial charge in [0.1, 0.15) is 24.2 Å². The molecule has 3 N–H and O–H groups in total. The molecular formula is C25H26N4O4. The van der Waals surface area contributed by atoms with Crippen LogP contribution in [0.15, 0.2) is 78.2 Å². The van der Waals surface area contributed by atoms with E-state index in [1.807, 2.05) is 30.3 Å². The molecule has 0 radical (unpaired) electrons. The van der Waals surface area contributed by atoms with Crippen molar-refractivity contribution in [1.82, 2.24) is 19.4 Å². The van der Waals surface area contributed by atoms with E-state index in [9.17, 15) is 15.0 Å². The summed E-state index contributed by atoms with van der Waals surface area (Å²) in [4.78, 5) is 17.2. The van der Waals surface area contributed by atoms with Crippen LogP contribution in [0.2, 0.25) is 0 Å². The summed E-state index contributed by atoms with van der Waals surface area (Å²) in [5.41, 5.74) is 2.92. The fourth-order valence-corrected chi connectivity index (χ4v) is 3.57. The first-order valence-electron chi connectivity index (χ1n) is 10.7. The monoisotopic (exact) mass is 446 g/mol. The van der Waals surface area contributed by atoms with Gasteiger partial charge in [-0.1, -0.05) is 18.7 Å². The molecule has 0 amide bonds. The molecule has 0 spiro atoms. The first-order chi connectivity index (χ1) is 16.1. The summed E-state index contributed by atoms with van der Waals surface area (Å²) in [5, 5.41) is 22.6. The lowest BCUT2D eigenvalue weighted by molar-refractivity contribution is 0.106. The van der Waals surface area contributed by atoms with Crippen molar-refractivity contribution in [3.8, 4) is 17.2 Å². The van der Waals surface area contributed by atoms with E-state index in [4.69, 9.17) is 4.74 Å². The van der Waals surface area contributed by atoms with Gasteiger partial charge in [-0.05, 0) is 67.1 Å². The summed E-state index contributed by atoms with van der Waals surface area (Å²) < 4.78 is 8.56. The zero-order chi connectivity index (χ0) is 23.2. The molecule has 0 unspecified atom stereocenters. The molecule has 2 aromatic heterocycles. The van der Waals surface area contributed by atoms with Gasteiger partial charge >= 0.3 is 5.69 Å². The summed E-state index contributed by atoms with van der Waals surface area (Å²) in [6.45, 7) is 4.98. The average Bonchev–Trinajstić information content (AvgIpc) is 3.13. The van der Waals surface area contributed by atoms with Crippen LogP contribution in [0.25, 0.3) is 23.1 Å². The molecule has 0 fully saturated rings. The SMILES string of the molecule is C=Cn1c(=O)n(-c2ccc(CCNC[C@H](O)COc3ccc(O)cc3)cc2)c2ncccc21. The molecule has 2 aromatic carbocycles. The van der Waals surface area contributed by atoms with Crippen molar-refractivity contribution in [3.63, 3.8) is 0 Å². The number of hydrogen-bond acceptors (Lipinski definition) is 6. The molecule has 0 aliphatic rings. The van der Waals surface area contributed by atoms with Gasteiger partial charge in [-0.2, -0.15) is 0 Å². The average molecular weight is 447 g/mol. The van der Waals surface area contributed by atoms with Crippen LogP contribution in [0.3, 0.4) is 0 Å². The zero-order valence-corrected chi connectivity index (χ0v) is 18.1. The van der Waals surface area contributed by atoms with Gasteiger partial charge < -0.3 is 20.3 Å². The lowest BCUT2D eigenvalue weighted by Crippen LogP contribution is -2.32. The fraction of sp³-hybridized carbons (Fsp3) is 0.200. The Labute approximate surface area is 191 Å². The van der Waals surface area contributed by atoms with Crippen LogP contribution in [0, 0.1) is 0 Å². The van der Waals surface area contributed by atoms with Crippen molar-refractivity contribution in [3.05, 3.63) is 89.5 Å². The van der Waals surface area contributed by atoms with Crippen LogP contribution in [0.1, 0.15) is 5.56 Å². The van der Waals surface area contributed by atoms with Gasteiger partial charge in [0, 0.05) is 18.9 Å². The van der Waals surface area contributed by atoms with Gasteiger partial charge in [-0.15, -0.1) is 0 Å². The van der Waals surface area contributed by atoms with E-state index in [1.54, 1.807) is 29.0 Å². The van der Waals surface area contributed by atoms with Crippen molar-refractivity contribution < 1.29 is 14.9 Å². The Hall–Kier alpha value is -3.88. The Kier molecular flexibility index (Phi) is 6.87. The molecule has 170 valence electrons. The van der Waals surface area contributed by atoms with E-state index in [2.05, 4.69) is 16.9 Å². The molecular weight excluding hydrogens is 420 g/mol. The van der Waals surface area contributed by atoms with Crippen LogP contribution >= 0.6 is 0 Å². The molecule has 0 bridgehead atoms. The second-order valence-electron chi connectivity index (χ2n) is 7.60. The lowest BCUT2D eigenvalue weighted by Gasteiger charge is -2.13. The Bertz CT molecular complexity index is 1280. The normalized spacial score (nSPS) is 12.0. The topological polar surface area (TPSA) is 102 Å². The number of aliphatic hydroxyl groups excluding tert-OH is 1. The number of nitrogens with zero attached hydrogens (tertiary/aromatic N) is 3. The first-order valence-corrected chi connectivity index (χ1v) is 10.7. The number of phenols is 1. The maximum Gasteiger partial charge on any atom is 0.339 e. The van der Waals surface area contributed by atoms with Gasteiger partial charge in [0.05, 0.1) is 11.2 Å². The van der Waals surface area contributed by atoms with Crippen LogP contribution in [-0.4, -0.2) is 50.1 Å². The number of imidazole rings is 1. The minimum absolute atomic E-state index is 0.160. The predicted octanol–water partition coefficient (Wildman–Crippen LogP) is 2.57. The number of aliphatic hydroxyl groups is 1. The standard InChI is InChI=1S/C25H26N4O4/c1-2-28-23-4-3-14-27-24(23)29(25(28)32)19-7-5-18(6-8-19)13-15-26-16-21(31)17-33-22-11-9-20(30)10-12-22/h2-12,14,21,26,30-31H,1,13,15-17H2/t21-/m0/s1. The van der Waals surface area contributed by atoms with Crippen LogP contribution < -0.4 is 15.7 Å². The first kappa shape index (κ1) is 22.3. The number of benzene rings is 2. The number of rotatable bonds is 10. The highest BCUT2D eigenvalue weighted by Gasteiger charge is 2.13. The third-order valence-electron chi connectivity index (χ3n) is 5.26. The number of pyridine rings is 1. The van der Waals surface area contributed by atoms with Crippen molar-refractivity contribution in [2.75, 3.05) is 19.7 Å². The Balaban J connectivity index is 1.30. The third kappa shape index (κ3) is 5.14. The van der Waals surface area contributed by atoms with E-state index in [1.165, 1.54) is 22.9 Å². The molecule has 8 heteroatoms.